The molecule has 1 N–H and O–H groups in total. The third kappa shape index (κ3) is 4.07. The molecular formula is C19H22N2O3. The Bertz CT molecular complexity index is 646. The van der Waals surface area contributed by atoms with Gasteiger partial charge in [0.15, 0.2) is 0 Å². The normalized spacial score (nSPS) is 13.5. The first kappa shape index (κ1) is 17.4. The second-order valence-electron chi connectivity index (χ2n) is 5.44. The quantitative estimate of drug-likeness (QED) is 0.854. The highest BCUT2D eigenvalue weighted by Gasteiger charge is 2.25. The van der Waals surface area contributed by atoms with Crippen molar-refractivity contribution in [2.75, 3.05) is 27.9 Å². The lowest BCUT2D eigenvalue weighted by Gasteiger charge is -2.16. The lowest BCUT2D eigenvalue weighted by atomic mass is 10.1. The van der Waals surface area contributed by atoms with Crippen LogP contribution in [0.15, 0.2) is 60.7 Å². The van der Waals surface area contributed by atoms with Gasteiger partial charge in [-0.15, -0.1) is 0 Å². The number of hydrogen-bond acceptors (Lipinski definition) is 4. The van der Waals surface area contributed by atoms with Gasteiger partial charge >= 0.3 is 6.16 Å². The molecule has 2 aromatic rings. The number of benzene rings is 2. The van der Waals surface area contributed by atoms with Gasteiger partial charge in [-0.3, -0.25) is 0 Å². The third-order valence-corrected chi connectivity index (χ3v) is 3.68. The van der Waals surface area contributed by atoms with Crippen molar-refractivity contribution in [2.24, 2.45) is 0 Å². The summed E-state index contributed by atoms with van der Waals surface area (Å²) in [5, 5.41) is 7.50. The van der Waals surface area contributed by atoms with Crippen molar-refractivity contribution >= 4 is 17.5 Å². The average molecular weight is 326 g/mol. The van der Waals surface area contributed by atoms with E-state index < -0.39 is 6.16 Å². The fraction of sp³-hybridized carbons (Fsp3) is 0.211. The van der Waals surface area contributed by atoms with Gasteiger partial charge < -0.3 is 19.6 Å². The Hall–Kier alpha value is -2.95. The molecule has 1 heterocycles. The van der Waals surface area contributed by atoms with E-state index in [0.717, 1.165) is 13.8 Å². The van der Waals surface area contributed by atoms with Gasteiger partial charge in [-0.05, 0) is 11.1 Å². The molecular weight excluding hydrogens is 304 g/mol. The fourth-order valence-corrected chi connectivity index (χ4v) is 2.73. The van der Waals surface area contributed by atoms with Crippen molar-refractivity contribution in [3.63, 3.8) is 0 Å². The van der Waals surface area contributed by atoms with Crippen LogP contribution in [0.1, 0.15) is 11.1 Å². The molecule has 0 aromatic heterocycles. The molecule has 0 atom stereocenters. The maximum Gasteiger partial charge on any atom is 0.505 e. The van der Waals surface area contributed by atoms with E-state index in [9.17, 15) is 0 Å². The molecule has 3 rings (SSSR count). The van der Waals surface area contributed by atoms with Crippen molar-refractivity contribution in [1.29, 1.82) is 0 Å². The van der Waals surface area contributed by atoms with Gasteiger partial charge in [0.05, 0.1) is 25.2 Å². The standard InChI is InChI=1S/C17H18N2.C2H4O3/c1-18-13-19(2)17(15-11-7-4-8-12-15)16(18)14-9-5-3-6-10-14;1-5-2(3)4/h3-12H,13H2,1-2H3;1H3,(H,3,4). The zero-order valence-corrected chi connectivity index (χ0v) is 14.1. The van der Waals surface area contributed by atoms with Gasteiger partial charge in [0.25, 0.3) is 0 Å². The molecule has 0 amide bonds. The Labute approximate surface area is 142 Å². The minimum atomic E-state index is -1.25. The van der Waals surface area contributed by atoms with Crippen LogP contribution >= 0.6 is 0 Å². The molecule has 0 bridgehead atoms. The minimum Gasteiger partial charge on any atom is -0.450 e. The summed E-state index contributed by atoms with van der Waals surface area (Å²) in [6.45, 7) is 0.925. The number of rotatable bonds is 2. The summed E-state index contributed by atoms with van der Waals surface area (Å²) in [4.78, 5) is 13.8. The number of carboxylic acid groups (broad SMARTS) is 1. The Morgan fingerprint density at radius 2 is 1.21 bits per heavy atom. The van der Waals surface area contributed by atoms with Crippen LogP contribution in [-0.4, -0.2) is 48.9 Å². The molecule has 24 heavy (non-hydrogen) atoms. The molecule has 5 heteroatoms. The average Bonchev–Trinajstić information content (AvgIpc) is 2.91. The smallest absolute Gasteiger partial charge is 0.450 e. The minimum absolute atomic E-state index is 0.925. The molecule has 0 aliphatic carbocycles. The fourth-order valence-electron chi connectivity index (χ4n) is 2.73. The molecule has 5 nitrogen and oxygen atoms in total. The lowest BCUT2D eigenvalue weighted by molar-refractivity contribution is 0.114. The molecule has 0 unspecified atom stereocenters. The van der Waals surface area contributed by atoms with Crippen molar-refractivity contribution in [3.8, 4) is 0 Å². The SMILES string of the molecule is CN1CN(C)C(c2ccccc2)=C1c1ccccc1.COC(=O)O. The molecule has 0 spiro atoms. The van der Waals surface area contributed by atoms with Crippen LogP contribution < -0.4 is 0 Å². The Morgan fingerprint density at radius 3 is 1.50 bits per heavy atom. The van der Waals surface area contributed by atoms with Crippen molar-refractivity contribution < 1.29 is 14.6 Å². The highest BCUT2D eigenvalue weighted by atomic mass is 16.6. The Balaban J connectivity index is 0.000000368. The predicted octanol–water partition coefficient (Wildman–Crippen LogP) is 3.66. The molecule has 1 aliphatic heterocycles. The summed E-state index contributed by atoms with van der Waals surface area (Å²) < 4.78 is 3.67. The molecule has 0 saturated heterocycles. The number of carbonyl (C=O) groups is 1. The maximum atomic E-state index is 9.15. The van der Waals surface area contributed by atoms with Crippen LogP contribution in [0.2, 0.25) is 0 Å². The molecule has 2 aromatic carbocycles. The Kier molecular flexibility index (Phi) is 5.84. The lowest BCUT2D eigenvalue weighted by Crippen LogP contribution is -2.20. The summed E-state index contributed by atoms with van der Waals surface area (Å²) in [7, 11) is 5.39. The van der Waals surface area contributed by atoms with Crippen molar-refractivity contribution in [3.05, 3.63) is 71.8 Å². The monoisotopic (exact) mass is 326 g/mol. The summed E-state index contributed by atoms with van der Waals surface area (Å²) >= 11 is 0. The molecule has 126 valence electrons. The van der Waals surface area contributed by atoms with Crippen LogP contribution in [0.4, 0.5) is 4.79 Å². The summed E-state index contributed by atoms with van der Waals surface area (Å²) in [5.41, 5.74) is 5.14. The highest BCUT2D eigenvalue weighted by molar-refractivity contribution is 5.90. The summed E-state index contributed by atoms with van der Waals surface area (Å²) in [5.74, 6) is 0. The molecule has 0 saturated carbocycles. The number of nitrogens with zero attached hydrogens (tertiary/aromatic N) is 2. The predicted molar refractivity (Wildman–Crippen MR) is 95.1 cm³/mol. The molecule has 0 radical (unpaired) electrons. The highest BCUT2D eigenvalue weighted by Crippen LogP contribution is 2.35. The topological polar surface area (TPSA) is 53.0 Å². The van der Waals surface area contributed by atoms with E-state index in [1.165, 1.54) is 22.5 Å². The van der Waals surface area contributed by atoms with E-state index in [0.29, 0.717) is 0 Å². The van der Waals surface area contributed by atoms with Gasteiger partial charge in [0.1, 0.15) is 0 Å². The number of methoxy groups -OCH3 is 1. The first-order valence-electron chi connectivity index (χ1n) is 7.59. The van der Waals surface area contributed by atoms with Gasteiger partial charge in [0, 0.05) is 14.1 Å². The molecule has 1 aliphatic rings. The van der Waals surface area contributed by atoms with Gasteiger partial charge in [-0.25, -0.2) is 4.79 Å². The number of hydrogen-bond donors (Lipinski definition) is 1. The van der Waals surface area contributed by atoms with Crippen LogP contribution in [0.5, 0.6) is 0 Å². The van der Waals surface area contributed by atoms with Crippen LogP contribution in [0.3, 0.4) is 0 Å². The van der Waals surface area contributed by atoms with E-state index in [2.05, 4.69) is 89.3 Å². The van der Waals surface area contributed by atoms with Gasteiger partial charge in [-0.1, -0.05) is 60.7 Å². The van der Waals surface area contributed by atoms with E-state index in [1.54, 1.807) is 0 Å². The largest absolute Gasteiger partial charge is 0.505 e. The van der Waals surface area contributed by atoms with Gasteiger partial charge in [-0.2, -0.15) is 0 Å². The zero-order valence-electron chi connectivity index (χ0n) is 14.1. The van der Waals surface area contributed by atoms with E-state index in [1.807, 2.05) is 0 Å². The van der Waals surface area contributed by atoms with E-state index in [4.69, 9.17) is 9.90 Å². The van der Waals surface area contributed by atoms with Crippen molar-refractivity contribution in [1.82, 2.24) is 9.80 Å². The first-order valence-corrected chi connectivity index (χ1v) is 7.59. The van der Waals surface area contributed by atoms with E-state index >= 15 is 0 Å². The second-order valence-corrected chi connectivity index (χ2v) is 5.44. The summed E-state index contributed by atoms with van der Waals surface area (Å²) in [6, 6.07) is 21.2. The third-order valence-electron chi connectivity index (χ3n) is 3.68. The number of ether oxygens (including phenoxy) is 1. The van der Waals surface area contributed by atoms with Crippen LogP contribution in [0, 0.1) is 0 Å². The van der Waals surface area contributed by atoms with E-state index in [-0.39, 0.29) is 0 Å². The second kappa shape index (κ2) is 8.06. The van der Waals surface area contributed by atoms with Gasteiger partial charge in [0.2, 0.25) is 0 Å². The first-order chi connectivity index (χ1) is 11.5. The maximum absolute atomic E-state index is 9.15. The Morgan fingerprint density at radius 1 is 0.875 bits per heavy atom. The van der Waals surface area contributed by atoms with Crippen LogP contribution in [0.25, 0.3) is 11.4 Å². The van der Waals surface area contributed by atoms with Crippen molar-refractivity contribution in [2.45, 2.75) is 0 Å². The van der Waals surface area contributed by atoms with Crippen LogP contribution in [-0.2, 0) is 4.74 Å². The molecule has 0 fully saturated rings. The zero-order chi connectivity index (χ0) is 17.5. The summed E-state index contributed by atoms with van der Waals surface area (Å²) in [6.07, 6.45) is -1.25.